The Morgan fingerprint density at radius 2 is 1.36 bits per heavy atom. The van der Waals surface area contributed by atoms with Crippen LogP contribution in [-0.2, 0) is 22.6 Å². The third-order valence-corrected chi connectivity index (χ3v) is 9.39. The Kier molecular flexibility index (Phi) is 9.25. The average molecular weight is 610 g/mol. The summed E-state index contributed by atoms with van der Waals surface area (Å²) < 4.78 is 13.1. The van der Waals surface area contributed by atoms with E-state index in [2.05, 4.69) is 6.92 Å². The number of hydrogen-bond acceptors (Lipinski definition) is 7. The molecule has 2 heterocycles. The zero-order valence-corrected chi connectivity index (χ0v) is 25.3. The van der Waals surface area contributed by atoms with Gasteiger partial charge in [0.05, 0.1) is 43.1 Å². The summed E-state index contributed by atoms with van der Waals surface area (Å²) in [6, 6.07) is 30.6. The maximum Gasteiger partial charge on any atom is 0.261 e. The predicted molar refractivity (Wildman–Crippen MR) is 170 cm³/mol. The number of aliphatic hydroxyl groups is 2. The molecule has 0 aromatic heterocycles. The van der Waals surface area contributed by atoms with E-state index < -0.39 is 6.29 Å². The summed E-state index contributed by atoms with van der Waals surface area (Å²) in [5.41, 5.74) is 6.41. The first-order valence-corrected chi connectivity index (χ1v) is 16.0. The van der Waals surface area contributed by atoms with Crippen LogP contribution in [0.2, 0.25) is 0 Å². The summed E-state index contributed by atoms with van der Waals surface area (Å²) in [4.78, 5) is 27.4. The maximum absolute atomic E-state index is 13.0. The summed E-state index contributed by atoms with van der Waals surface area (Å²) in [6.45, 7) is 2.41. The molecule has 2 amide bonds. The molecule has 4 aromatic rings. The van der Waals surface area contributed by atoms with Crippen molar-refractivity contribution in [2.75, 3.05) is 18.1 Å². The number of aliphatic hydroxyl groups excluding tert-OH is 2. The van der Waals surface area contributed by atoms with E-state index in [0.717, 1.165) is 39.1 Å². The number of fused-ring (bicyclic) bond motifs is 1. The number of rotatable bonds is 10. The molecule has 1 fully saturated rings. The van der Waals surface area contributed by atoms with Crippen molar-refractivity contribution in [2.24, 2.45) is 5.92 Å². The van der Waals surface area contributed by atoms with Crippen LogP contribution in [0.15, 0.2) is 97.1 Å². The molecule has 7 nitrogen and oxygen atoms in total. The fourth-order valence-corrected chi connectivity index (χ4v) is 6.80. The normalized spacial score (nSPS) is 21.5. The molecule has 44 heavy (non-hydrogen) atoms. The van der Waals surface area contributed by atoms with Gasteiger partial charge < -0.3 is 19.7 Å². The van der Waals surface area contributed by atoms with Crippen LogP contribution in [0.1, 0.15) is 62.3 Å². The number of amides is 2. The molecule has 4 aromatic carbocycles. The Hall–Kier alpha value is -3.79. The maximum atomic E-state index is 13.0. The highest BCUT2D eigenvalue weighted by molar-refractivity contribution is 7.99. The molecule has 4 unspecified atom stereocenters. The van der Waals surface area contributed by atoms with Gasteiger partial charge in [-0.05, 0) is 39.9 Å². The predicted octanol–water partition coefficient (Wildman–Crippen LogP) is 6.16. The molecule has 2 N–H and O–H groups in total. The molecular weight excluding hydrogens is 574 g/mol. The molecule has 2 aliphatic rings. The average Bonchev–Trinajstić information content (AvgIpc) is 3.31. The zero-order valence-electron chi connectivity index (χ0n) is 24.5. The number of imide groups is 1. The van der Waals surface area contributed by atoms with Crippen LogP contribution in [0.4, 0.5) is 0 Å². The van der Waals surface area contributed by atoms with Crippen molar-refractivity contribution in [1.82, 2.24) is 4.90 Å². The van der Waals surface area contributed by atoms with Crippen molar-refractivity contribution in [1.29, 1.82) is 0 Å². The Morgan fingerprint density at radius 1 is 0.750 bits per heavy atom. The lowest BCUT2D eigenvalue weighted by atomic mass is 9.91. The first-order chi connectivity index (χ1) is 21.5. The van der Waals surface area contributed by atoms with Crippen LogP contribution < -0.4 is 0 Å². The van der Waals surface area contributed by atoms with Gasteiger partial charge >= 0.3 is 0 Å². The van der Waals surface area contributed by atoms with E-state index in [1.54, 1.807) is 36.0 Å². The lowest BCUT2D eigenvalue weighted by Gasteiger charge is -2.41. The van der Waals surface area contributed by atoms with E-state index in [-0.39, 0.29) is 49.7 Å². The largest absolute Gasteiger partial charge is 0.396 e. The summed E-state index contributed by atoms with van der Waals surface area (Å²) >= 11 is 1.66. The van der Waals surface area contributed by atoms with Gasteiger partial charge in [-0.1, -0.05) is 91.9 Å². The van der Waals surface area contributed by atoms with E-state index in [0.29, 0.717) is 16.9 Å². The van der Waals surface area contributed by atoms with Crippen LogP contribution in [0.25, 0.3) is 11.1 Å². The molecule has 8 heteroatoms. The third-order valence-electron chi connectivity index (χ3n) is 8.36. The molecule has 6 rings (SSSR count). The van der Waals surface area contributed by atoms with E-state index in [1.807, 2.05) is 72.8 Å². The highest BCUT2D eigenvalue weighted by Crippen LogP contribution is 2.43. The minimum atomic E-state index is -0.587. The second-order valence-corrected chi connectivity index (χ2v) is 12.3. The molecule has 0 saturated carbocycles. The summed E-state index contributed by atoms with van der Waals surface area (Å²) in [5, 5.41) is 18.8. The van der Waals surface area contributed by atoms with Gasteiger partial charge in [0.25, 0.3) is 11.8 Å². The van der Waals surface area contributed by atoms with Gasteiger partial charge in [-0.15, -0.1) is 0 Å². The first kappa shape index (κ1) is 30.2. The zero-order chi connectivity index (χ0) is 30.6. The number of carbonyl (C=O) groups is 2. The first-order valence-electron chi connectivity index (χ1n) is 14.8. The molecule has 2 aliphatic heterocycles. The van der Waals surface area contributed by atoms with Crippen LogP contribution >= 0.6 is 11.8 Å². The van der Waals surface area contributed by atoms with Gasteiger partial charge in [-0.2, -0.15) is 11.8 Å². The van der Waals surface area contributed by atoms with Gasteiger partial charge in [-0.3, -0.25) is 14.5 Å². The van der Waals surface area contributed by atoms with Gasteiger partial charge in [0.15, 0.2) is 6.29 Å². The Morgan fingerprint density at radius 3 is 2.00 bits per heavy atom. The fourth-order valence-electron chi connectivity index (χ4n) is 5.89. The third kappa shape index (κ3) is 6.09. The molecule has 0 radical (unpaired) electrons. The number of thioether (sulfide) groups is 1. The number of benzene rings is 4. The number of carbonyl (C=O) groups excluding carboxylic acids is 2. The van der Waals surface area contributed by atoms with E-state index in [1.165, 1.54) is 4.90 Å². The summed E-state index contributed by atoms with van der Waals surface area (Å²) in [5.74, 6) is 0.900. The standard InChI is InChI=1S/C36H35NO6S/c1-23-32(22-44-19-18-38)42-36(43-33(23)26-12-10-24(21-39)11-13-26)27-16-14-25(15-17-27)29-7-3-2-6-28(29)20-37-34(40)30-8-4-5-9-31(30)35(37)41/h2-17,23,32-33,36,38-39H,18-22H2,1H3. The van der Waals surface area contributed by atoms with Gasteiger partial charge in [0.2, 0.25) is 0 Å². The summed E-state index contributed by atoms with van der Waals surface area (Å²) in [6.07, 6.45) is -0.884. The minimum Gasteiger partial charge on any atom is -0.396 e. The van der Waals surface area contributed by atoms with Crippen LogP contribution in [0.3, 0.4) is 0 Å². The van der Waals surface area contributed by atoms with Crippen LogP contribution in [0, 0.1) is 5.92 Å². The van der Waals surface area contributed by atoms with Crippen molar-refractivity contribution < 1.29 is 29.3 Å². The second kappa shape index (κ2) is 13.5. The fraction of sp³-hybridized carbons (Fsp3) is 0.278. The molecule has 1 saturated heterocycles. The van der Waals surface area contributed by atoms with Crippen molar-refractivity contribution in [3.63, 3.8) is 0 Å². The van der Waals surface area contributed by atoms with E-state index in [4.69, 9.17) is 9.47 Å². The Balaban J connectivity index is 1.23. The van der Waals surface area contributed by atoms with Gasteiger partial charge in [0, 0.05) is 23.0 Å². The number of nitrogens with zero attached hydrogens (tertiary/aromatic N) is 1. The monoisotopic (exact) mass is 609 g/mol. The summed E-state index contributed by atoms with van der Waals surface area (Å²) in [7, 11) is 0. The number of ether oxygens (including phenoxy) is 2. The van der Waals surface area contributed by atoms with Crippen LogP contribution in [0.5, 0.6) is 0 Å². The van der Waals surface area contributed by atoms with Crippen molar-refractivity contribution >= 4 is 23.6 Å². The van der Waals surface area contributed by atoms with Gasteiger partial charge in [0.1, 0.15) is 0 Å². The SMILES string of the molecule is CC1C(CSCCO)OC(c2ccc(-c3ccccc3CN3C(=O)c4ccccc4C3=O)cc2)OC1c1ccc(CO)cc1. The highest BCUT2D eigenvalue weighted by atomic mass is 32.2. The molecule has 0 aliphatic carbocycles. The molecule has 0 spiro atoms. The molecule has 226 valence electrons. The van der Waals surface area contributed by atoms with Crippen molar-refractivity contribution in [3.8, 4) is 11.1 Å². The topological polar surface area (TPSA) is 96.3 Å². The molecular formula is C36H35NO6S. The van der Waals surface area contributed by atoms with Crippen LogP contribution in [-0.4, -0.2) is 51.1 Å². The molecule has 4 atom stereocenters. The van der Waals surface area contributed by atoms with Gasteiger partial charge in [-0.25, -0.2) is 0 Å². The van der Waals surface area contributed by atoms with Crippen molar-refractivity contribution in [2.45, 2.75) is 38.6 Å². The number of hydrogen-bond donors (Lipinski definition) is 2. The van der Waals surface area contributed by atoms with E-state index in [9.17, 15) is 19.8 Å². The quantitative estimate of drug-likeness (QED) is 0.164. The Bertz CT molecular complexity index is 1590. The smallest absolute Gasteiger partial charge is 0.261 e. The lowest BCUT2D eigenvalue weighted by molar-refractivity contribution is -0.268. The highest BCUT2D eigenvalue weighted by Gasteiger charge is 2.38. The van der Waals surface area contributed by atoms with E-state index >= 15 is 0 Å². The van der Waals surface area contributed by atoms with Crippen molar-refractivity contribution in [3.05, 3.63) is 130 Å². The minimum absolute atomic E-state index is 0.0126. The molecule has 0 bridgehead atoms. The Labute approximate surface area is 261 Å². The lowest BCUT2D eigenvalue weighted by Crippen LogP contribution is -2.38. The second-order valence-electron chi connectivity index (χ2n) is 11.1.